The molecule has 0 aliphatic rings. The highest BCUT2D eigenvalue weighted by Gasteiger charge is 2.08. The van der Waals surface area contributed by atoms with Gasteiger partial charge in [-0.05, 0) is 18.4 Å². The molecule has 2 aromatic heterocycles. The van der Waals surface area contributed by atoms with E-state index in [0.717, 1.165) is 0 Å². The van der Waals surface area contributed by atoms with E-state index in [2.05, 4.69) is 10.1 Å². The molecular weight excluding hydrogens is 212 g/mol. The van der Waals surface area contributed by atoms with Crippen molar-refractivity contribution in [3.8, 4) is 0 Å². The summed E-state index contributed by atoms with van der Waals surface area (Å²) in [6.07, 6.45) is 0.885. The summed E-state index contributed by atoms with van der Waals surface area (Å²) in [5, 5.41) is 5.74. The molecule has 0 saturated carbocycles. The molecule has 0 fully saturated rings. The van der Waals surface area contributed by atoms with Crippen LogP contribution < -0.4 is 0 Å². The largest absolute Gasteiger partial charge is 0.339 e. The topological polar surface area (TPSA) is 56.0 Å². The van der Waals surface area contributed by atoms with E-state index < -0.39 is 0 Å². The van der Waals surface area contributed by atoms with Crippen LogP contribution in [0.25, 0.3) is 0 Å². The number of nitrogens with zero attached hydrogens (tertiary/aromatic N) is 2. The average Bonchev–Trinajstić information content (AvgIpc) is 2.77. The molecule has 15 heavy (non-hydrogen) atoms. The predicted molar refractivity (Wildman–Crippen MR) is 55.8 cm³/mol. The van der Waals surface area contributed by atoms with Gasteiger partial charge in [-0.15, -0.1) is 11.3 Å². The van der Waals surface area contributed by atoms with Crippen LogP contribution in [0.1, 0.15) is 23.5 Å². The molecule has 0 amide bonds. The van der Waals surface area contributed by atoms with Crippen molar-refractivity contribution in [3.63, 3.8) is 0 Å². The first-order chi connectivity index (χ1) is 7.24. The minimum absolute atomic E-state index is 0.0403. The number of thiophene rings is 1. The Hall–Kier alpha value is -1.49. The fraction of sp³-hybridized carbons (Fsp3) is 0.300. The lowest BCUT2D eigenvalue weighted by molar-refractivity contribution is -0.116. The molecule has 5 heteroatoms. The molecule has 0 aromatic carbocycles. The highest BCUT2D eigenvalue weighted by Crippen LogP contribution is 2.13. The Morgan fingerprint density at radius 1 is 1.60 bits per heavy atom. The standard InChI is InChI=1S/C10H10N2O2S/c1-7(13)5-9-11-10(14-12-9)6-8-3-2-4-15-8/h2-4H,5-6H2,1H3. The third-order valence-corrected chi connectivity index (χ3v) is 2.70. The van der Waals surface area contributed by atoms with Crippen molar-refractivity contribution in [2.75, 3.05) is 0 Å². The molecule has 0 atom stereocenters. The van der Waals surface area contributed by atoms with Gasteiger partial charge in [-0.25, -0.2) is 0 Å². The molecular formula is C10H10N2O2S. The Balaban J connectivity index is 2.04. The van der Waals surface area contributed by atoms with Crippen molar-refractivity contribution in [1.82, 2.24) is 10.1 Å². The fourth-order valence-electron chi connectivity index (χ4n) is 1.22. The molecule has 2 aromatic rings. The van der Waals surface area contributed by atoms with Gasteiger partial charge in [0.25, 0.3) is 0 Å². The molecule has 0 aliphatic heterocycles. The van der Waals surface area contributed by atoms with Gasteiger partial charge in [0.05, 0.1) is 12.8 Å². The van der Waals surface area contributed by atoms with Crippen molar-refractivity contribution in [2.45, 2.75) is 19.8 Å². The summed E-state index contributed by atoms with van der Waals surface area (Å²) < 4.78 is 5.03. The maximum atomic E-state index is 10.8. The van der Waals surface area contributed by atoms with Crippen LogP contribution >= 0.6 is 11.3 Å². The van der Waals surface area contributed by atoms with Gasteiger partial charge in [0, 0.05) is 4.88 Å². The van der Waals surface area contributed by atoms with Crippen molar-refractivity contribution >= 4 is 17.1 Å². The summed E-state index contributed by atoms with van der Waals surface area (Å²) in [6, 6.07) is 3.99. The van der Waals surface area contributed by atoms with Gasteiger partial charge in [0.1, 0.15) is 5.78 Å². The smallest absolute Gasteiger partial charge is 0.231 e. The average molecular weight is 222 g/mol. The maximum Gasteiger partial charge on any atom is 0.231 e. The molecule has 0 unspecified atom stereocenters. The van der Waals surface area contributed by atoms with Gasteiger partial charge in [0.15, 0.2) is 5.82 Å². The molecule has 0 N–H and O–H groups in total. The molecule has 0 radical (unpaired) electrons. The Bertz CT molecular complexity index is 448. The van der Waals surface area contributed by atoms with Gasteiger partial charge < -0.3 is 4.52 Å². The molecule has 0 bridgehead atoms. The first-order valence-corrected chi connectivity index (χ1v) is 5.45. The first-order valence-electron chi connectivity index (χ1n) is 4.57. The van der Waals surface area contributed by atoms with Crippen molar-refractivity contribution in [1.29, 1.82) is 0 Å². The number of carbonyl (C=O) groups excluding carboxylic acids is 1. The maximum absolute atomic E-state index is 10.8. The molecule has 4 nitrogen and oxygen atoms in total. The highest BCUT2D eigenvalue weighted by molar-refractivity contribution is 7.09. The number of rotatable bonds is 4. The number of aromatic nitrogens is 2. The number of hydrogen-bond donors (Lipinski definition) is 0. The Morgan fingerprint density at radius 3 is 3.13 bits per heavy atom. The minimum atomic E-state index is 0.0403. The Morgan fingerprint density at radius 2 is 2.47 bits per heavy atom. The number of hydrogen-bond acceptors (Lipinski definition) is 5. The van der Waals surface area contributed by atoms with Gasteiger partial charge in [-0.1, -0.05) is 11.2 Å². The fourth-order valence-corrected chi connectivity index (χ4v) is 1.91. The van der Waals surface area contributed by atoms with E-state index >= 15 is 0 Å². The summed E-state index contributed by atoms with van der Waals surface area (Å²) >= 11 is 1.65. The minimum Gasteiger partial charge on any atom is -0.339 e. The molecule has 0 aliphatic carbocycles. The third-order valence-electron chi connectivity index (χ3n) is 1.82. The molecule has 2 rings (SSSR count). The predicted octanol–water partition coefficient (Wildman–Crippen LogP) is 1.85. The number of ketones is 1. The summed E-state index contributed by atoms with van der Waals surface area (Å²) in [5.74, 6) is 1.07. The van der Waals surface area contributed by atoms with E-state index in [4.69, 9.17) is 4.52 Å². The van der Waals surface area contributed by atoms with Crippen molar-refractivity contribution < 1.29 is 9.32 Å². The van der Waals surface area contributed by atoms with Crippen molar-refractivity contribution in [3.05, 3.63) is 34.1 Å². The molecule has 0 spiro atoms. The van der Waals surface area contributed by atoms with Gasteiger partial charge in [-0.3, -0.25) is 4.79 Å². The monoisotopic (exact) mass is 222 g/mol. The van der Waals surface area contributed by atoms with E-state index in [1.165, 1.54) is 11.8 Å². The summed E-state index contributed by atoms with van der Waals surface area (Å²) in [4.78, 5) is 16.1. The summed E-state index contributed by atoms with van der Waals surface area (Å²) in [6.45, 7) is 1.51. The first kappa shape index (κ1) is 10.0. The lowest BCUT2D eigenvalue weighted by atomic mass is 10.3. The van der Waals surface area contributed by atoms with Crippen LogP contribution in [0.15, 0.2) is 22.0 Å². The normalized spacial score (nSPS) is 10.5. The summed E-state index contributed by atoms with van der Waals surface area (Å²) in [5.41, 5.74) is 0. The van der Waals surface area contributed by atoms with E-state index in [9.17, 15) is 4.79 Å². The van der Waals surface area contributed by atoms with Crippen molar-refractivity contribution in [2.24, 2.45) is 0 Å². The number of Topliss-reactive ketones (excluding diaryl/α,β-unsaturated/α-hetero) is 1. The number of carbonyl (C=O) groups is 1. The van der Waals surface area contributed by atoms with Crippen LogP contribution in [0.3, 0.4) is 0 Å². The lowest BCUT2D eigenvalue weighted by Gasteiger charge is -1.87. The van der Waals surface area contributed by atoms with E-state index in [1.54, 1.807) is 11.3 Å². The quantitative estimate of drug-likeness (QED) is 0.792. The van der Waals surface area contributed by atoms with Gasteiger partial charge >= 0.3 is 0 Å². The van der Waals surface area contributed by atoms with Gasteiger partial charge in [0.2, 0.25) is 5.89 Å². The molecule has 2 heterocycles. The zero-order valence-corrected chi connectivity index (χ0v) is 9.08. The van der Waals surface area contributed by atoms with Gasteiger partial charge in [-0.2, -0.15) is 4.98 Å². The molecule has 0 saturated heterocycles. The van der Waals surface area contributed by atoms with Crippen LogP contribution in [-0.2, 0) is 17.6 Å². The van der Waals surface area contributed by atoms with Crippen LogP contribution in [-0.4, -0.2) is 15.9 Å². The highest BCUT2D eigenvalue weighted by atomic mass is 32.1. The second kappa shape index (κ2) is 4.35. The lowest BCUT2D eigenvalue weighted by Crippen LogP contribution is -1.98. The Kier molecular flexibility index (Phi) is 2.91. The van der Waals surface area contributed by atoms with Crippen LogP contribution in [0.2, 0.25) is 0 Å². The van der Waals surface area contributed by atoms with E-state index in [0.29, 0.717) is 18.1 Å². The molecule has 78 valence electrons. The second-order valence-corrected chi connectivity index (χ2v) is 4.27. The van der Waals surface area contributed by atoms with Crippen LogP contribution in [0, 0.1) is 0 Å². The third kappa shape index (κ3) is 2.73. The SMILES string of the molecule is CC(=O)Cc1noc(Cc2cccs2)n1. The van der Waals surface area contributed by atoms with E-state index in [-0.39, 0.29) is 12.2 Å². The van der Waals surface area contributed by atoms with Crippen LogP contribution in [0.4, 0.5) is 0 Å². The Labute approximate surface area is 90.9 Å². The summed E-state index contributed by atoms with van der Waals surface area (Å²) in [7, 11) is 0. The van der Waals surface area contributed by atoms with E-state index in [1.807, 2.05) is 17.5 Å². The zero-order chi connectivity index (χ0) is 10.7. The second-order valence-electron chi connectivity index (χ2n) is 3.24. The van der Waals surface area contributed by atoms with Crippen LogP contribution in [0.5, 0.6) is 0 Å². The zero-order valence-electron chi connectivity index (χ0n) is 8.27.